The smallest absolute Gasteiger partial charge is 0.251 e. The van der Waals surface area contributed by atoms with Crippen molar-refractivity contribution in [2.45, 2.75) is 49.6 Å². The zero-order valence-corrected chi connectivity index (χ0v) is 13.2. The molecular weight excluding hydrogens is 288 g/mol. The molecule has 1 amide bonds. The van der Waals surface area contributed by atoms with E-state index in [0.29, 0.717) is 5.56 Å². The number of nitrogens with one attached hydrogen (secondary N) is 1. The van der Waals surface area contributed by atoms with Crippen LogP contribution < -0.4 is 11.1 Å². The molecule has 1 aliphatic carbocycles. The Labute approximate surface area is 125 Å². The minimum atomic E-state index is -3.31. The van der Waals surface area contributed by atoms with E-state index in [0.717, 1.165) is 37.5 Å². The monoisotopic (exact) mass is 310 g/mol. The number of carbonyl (C=O) groups excluding carboxylic acids is 1. The molecule has 0 heterocycles. The molecule has 0 spiro atoms. The van der Waals surface area contributed by atoms with Crippen molar-refractivity contribution >= 4 is 15.7 Å². The predicted octanol–water partition coefficient (Wildman–Crippen LogP) is 1.40. The summed E-state index contributed by atoms with van der Waals surface area (Å²) in [5.74, 6) is -0.210. The van der Waals surface area contributed by atoms with Gasteiger partial charge in [0, 0.05) is 23.9 Å². The average molecular weight is 310 g/mol. The molecule has 6 heteroatoms. The third kappa shape index (κ3) is 4.04. The summed E-state index contributed by atoms with van der Waals surface area (Å²) in [7, 11) is -3.31. The Hall–Kier alpha value is -1.40. The van der Waals surface area contributed by atoms with E-state index < -0.39 is 9.84 Å². The van der Waals surface area contributed by atoms with Crippen molar-refractivity contribution in [2.75, 3.05) is 6.26 Å². The number of hydrogen-bond donors (Lipinski definition) is 2. The number of carbonyl (C=O) groups is 1. The minimum absolute atomic E-state index is 0.124. The molecule has 0 saturated heterocycles. The van der Waals surface area contributed by atoms with Gasteiger partial charge < -0.3 is 11.1 Å². The highest BCUT2D eigenvalue weighted by atomic mass is 32.2. The molecule has 1 saturated carbocycles. The maximum Gasteiger partial charge on any atom is 0.251 e. The fourth-order valence-corrected chi connectivity index (χ4v) is 3.25. The number of benzene rings is 1. The summed E-state index contributed by atoms with van der Waals surface area (Å²) in [5.41, 5.74) is 7.05. The van der Waals surface area contributed by atoms with Crippen LogP contribution in [0.2, 0.25) is 0 Å². The van der Waals surface area contributed by atoms with Crippen LogP contribution in [0.3, 0.4) is 0 Å². The first-order chi connectivity index (χ1) is 9.77. The molecule has 0 atom stereocenters. The number of sulfone groups is 1. The molecule has 21 heavy (non-hydrogen) atoms. The first-order valence-electron chi connectivity index (χ1n) is 7.14. The lowest BCUT2D eigenvalue weighted by Crippen LogP contribution is -2.40. The van der Waals surface area contributed by atoms with Crippen molar-refractivity contribution in [2.24, 2.45) is 5.73 Å². The number of hydrogen-bond acceptors (Lipinski definition) is 4. The Kier molecular flexibility index (Phi) is 4.68. The minimum Gasteiger partial charge on any atom is -0.349 e. The molecular formula is C15H22N2O3S. The van der Waals surface area contributed by atoms with E-state index in [1.807, 2.05) is 0 Å². The molecule has 2 rings (SSSR count). The van der Waals surface area contributed by atoms with Crippen LogP contribution in [0.1, 0.15) is 41.6 Å². The lowest BCUT2D eigenvalue weighted by atomic mass is 9.91. The molecule has 0 aromatic heterocycles. The molecule has 5 nitrogen and oxygen atoms in total. The summed E-state index contributed by atoms with van der Waals surface area (Å²) in [6.07, 6.45) is 4.71. The van der Waals surface area contributed by atoms with Crippen molar-refractivity contribution in [3.05, 3.63) is 29.3 Å². The van der Waals surface area contributed by atoms with E-state index in [9.17, 15) is 13.2 Å². The normalized spacial score (nSPS) is 22.8. The van der Waals surface area contributed by atoms with Crippen LogP contribution >= 0.6 is 0 Å². The zero-order valence-electron chi connectivity index (χ0n) is 12.4. The van der Waals surface area contributed by atoms with Gasteiger partial charge in [0.1, 0.15) is 0 Å². The van der Waals surface area contributed by atoms with Gasteiger partial charge in [-0.05, 0) is 50.3 Å². The summed E-state index contributed by atoms with van der Waals surface area (Å²) in [6, 6.07) is 5.00. The molecule has 1 aromatic carbocycles. The predicted molar refractivity (Wildman–Crippen MR) is 82.0 cm³/mol. The van der Waals surface area contributed by atoms with Crippen LogP contribution in [0, 0.1) is 6.92 Å². The summed E-state index contributed by atoms with van der Waals surface area (Å²) in [5, 5.41) is 2.99. The second kappa shape index (κ2) is 6.15. The van der Waals surface area contributed by atoms with Gasteiger partial charge in [-0.25, -0.2) is 8.42 Å². The van der Waals surface area contributed by atoms with Gasteiger partial charge >= 0.3 is 0 Å². The average Bonchev–Trinajstić information content (AvgIpc) is 2.40. The molecule has 0 radical (unpaired) electrons. The van der Waals surface area contributed by atoms with E-state index in [1.54, 1.807) is 13.0 Å². The van der Waals surface area contributed by atoms with Gasteiger partial charge in [-0.3, -0.25) is 4.79 Å². The summed E-state index contributed by atoms with van der Waals surface area (Å²) in [4.78, 5) is 12.5. The standard InChI is InChI=1S/C15H22N2O3S/c1-10-3-8-13(21(2,19)20)9-14(10)15(18)17-12-6-4-11(16)5-7-12/h3,8-9,11-12H,4-7,16H2,1-2H3,(H,17,18). The van der Waals surface area contributed by atoms with Gasteiger partial charge in [0.25, 0.3) is 5.91 Å². The molecule has 3 N–H and O–H groups in total. The highest BCUT2D eigenvalue weighted by Gasteiger charge is 2.22. The van der Waals surface area contributed by atoms with Gasteiger partial charge in [-0.15, -0.1) is 0 Å². The topological polar surface area (TPSA) is 89.3 Å². The second-order valence-electron chi connectivity index (χ2n) is 5.83. The van der Waals surface area contributed by atoms with Crippen molar-refractivity contribution in [3.63, 3.8) is 0 Å². The van der Waals surface area contributed by atoms with Crippen LogP contribution in [-0.4, -0.2) is 32.7 Å². The van der Waals surface area contributed by atoms with E-state index in [1.165, 1.54) is 12.1 Å². The third-order valence-electron chi connectivity index (χ3n) is 3.99. The van der Waals surface area contributed by atoms with Gasteiger partial charge in [0.05, 0.1) is 4.90 Å². The number of amides is 1. The van der Waals surface area contributed by atoms with E-state index in [-0.39, 0.29) is 22.9 Å². The number of rotatable bonds is 3. The summed E-state index contributed by atoms with van der Waals surface area (Å²) < 4.78 is 23.2. The van der Waals surface area contributed by atoms with E-state index in [2.05, 4.69) is 5.32 Å². The van der Waals surface area contributed by atoms with Gasteiger partial charge in [0.2, 0.25) is 0 Å². The molecule has 1 aromatic rings. The van der Waals surface area contributed by atoms with Gasteiger partial charge in [-0.2, -0.15) is 0 Å². The molecule has 0 unspecified atom stereocenters. The van der Waals surface area contributed by atoms with Crippen molar-refractivity contribution in [3.8, 4) is 0 Å². The molecule has 0 bridgehead atoms. The van der Waals surface area contributed by atoms with Crippen molar-refractivity contribution in [1.29, 1.82) is 0 Å². The molecule has 1 fully saturated rings. The number of aryl methyl sites for hydroxylation is 1. The van der Waals surface area contributed by atoms with Crippen LogP contribution in [0.5, 0.6) is 0 Å². The Morgan fingerprint density at radius 2 is 1.86 bits per heavy atom. The SMILES string of the molecule is Cc1ccc(S(C)(=O)=O)cc1C(=O)NC1CCC(N)CC1. The van der Waals surface area contributed by atoms with Crippen LogP contribution in [0.25, 0.3) is 0 Å². The Bertz CT molecular complexity index is 632. The lowest BCUT2D eigenvalue weighted by molar-refractivity contribution is 0.0925. The van der Waals surface area contributed by atoms with Gasteiger partial charge in [-0.1, -0.05) is 6.07 Å². The van der Waals surface area contributed by atoms with Crippen molar-refractivity contribution < 1.29 is 13.2 Å². The second-order valence-corrected chi connectivity index (χ2v) is 7.85. The van der Waals surface area contributed by atoms with Crippen molar-refractivity contribution in [1.82, 2.24) is 5.32 Å². The highest BCUT2D eigenvalue weighted by Crippen LogP contribution is 2.19. The summed E-state index contributed by atoms with van der Waals surface area (Å²) >= 11 is 0. The first-order valence-corrected chi connectivity index (χ1v) is 9.03. The molecule has 116 valence electrons. The molecule has 0 aliphatic heterocycles. The molecule has 1 aliphatic rings. The Balaban J connectivity index is 2.15. The fourth-order valence-electron chi connectivity index (χ4n) is 2.60. The van der Waals surface area contributed by atoms with Crippen LogP contribution in [0.4, 0.5) is 0 Å². The zero-order chi connectivity index (χ0) is 15.6. The Morgan fingerprint density at radius 1 is 1.24 bits per heavy atom. The highest BCUT2D eigenvalue weighted by molar-refractivity contribution is 7.90. The lowest BCUT2D eigenvalue weighted by Gasteiger charge is -2.27. The maximum absolute atomic E-state index is 12.4. The first kappa shape index (κ1) is 16.0. The quantitative estimate of drug-likeness (QED) is 0.883. The number of nitrogens with two attached hydrogens (primary N) is 1. The van der Waals surface area contributed by atoms with E-state index in [4.69, 9.17) is 5.73 Å². The van der Waals surface area contributed by atoms with E-state index >= 15 is 0 Å². The van der Waals surface area contributed by atoms with Gasteiger partial charge in [0.15, 0.2) is 9.84 Å². The Morgan fingerprint density at radius 3 is 2.43 bits per heavy atom. The fraction of sp³-hybridized carbons (Fsp3) is 0.533. The maximum atomic E-state index is 12.4. The van der Waals surface area contributed by atoms with Crippen LogP contribution in [0.15, 0.2) is 23.1 Å². The third-order valence-corrected chi connectivity index (χ3v) is 5.10. The van der Waals surface area contributed by atoms with Crippen LogP contribution in [-0.2, 0) is 9.84 Å². The summed E-state index contributed by atoms with van der Waals surface area (Å²) in [6.45, 7) is 1.80. The largest absolute Gasteiger partial charge is 0.349 e.